The number of nitrogens with one attached hydrogen (secondary N) is 1. The Labute approximate surface area is 65.9 Å². The highest BCUT2D eigenvalue weighted by atomic mass is 16.3. The summed E-state index contributed by atoms with van der Waals surface area (Å²) in [6, 6.07) is 8.00. The lowest BCUT2D eigenvalue weighted by Gasteiger charge is -2.21. The third kappa shape index (κ3) is 1.15. The van der Waals surface area contributed by atoms with E-state index in [-0.39, 0.29) is 6.10 Å². The van der Waals surface area contributed by atoms with Gasteiger partial charge in [-0.25, -0.2) is 0 Å². The second-order valence-corrected chi connectivity index (χ2v) is 2.85. The van der Waals surface area contributed by atoms with Crippen LogP contribution in [0.15, 0.2) is 24.3 Å². The van der Waals surface area contributed by atoms with Crippen molar-refractivity contribution in [2.45, 2.75) is 12.6 Å². The summed E-state index contributed by atoms with van der Waals surface area (Å²) in [5.41, 5.74) is 2.29. The van der Waals surface area contributed by atoms with Crippen molar-refractivity contribution in [3.05, 3.63) is 35.4 Å². The lowest BCUT2D eigenvalue weighted by molar-refractivity contribution is 0.165. The van der Waals surface area contributed by atoms with Gasteiger partial charge in [0.25, 0.3) is 0 Å². The Bertz CT molecular complexity index is 259. The zero-order valence-corrected chi connectivity index (χ0v) is 6.25. The third-order valence-electron chi connectivity index (χ3n) is 2.07. The molecule has 1 aliphatic rings. The molecule has 1 heterocycles. The summed E-state index contributed by atoms with van der Waals surface area (Å²) in [6.45, 7) is 1.56. The van der Waals surface area contributed by atoms with Gasteiger partial charge in [-0.15, -0.1) is 0 Å². The second kappa shape index (κ2) is 2.64. The molecule has 11 heavy (non-hydrogen) atoms. The summed E-state index contributed by atoms with van der Waals surface area (Å²) >= 11 is 0. The average molecular weight is 149 g/mol. The van der Waals surface area contributed by atoms with Gasteiger partial charge in [0, 0.05) is 13.1 Å². The first-order valence-electron chi connectivity index (χ1n) is 3.84. The Balaban J connectivity index is 2.44. The molecule has 0 unspecified atom stereocenters. The molecule has 2 rings (SSSR count). The molecule has 0 saturated heterocycles. The number of aliphatic hydroxyl groups is 1. The van der Waals surface area contributed by atoms with Crippen LogP contribution in [-0.4, -0.2) is 11.7 Å². The summed E-state index contributed by atoms with van der Waals surface area (Å²) in [4.78, 5) is 0. The SMILES string of the molecule is O[C@@H]1CNCc2ccccc21. The van der Waals surface area contributed by atoms with Crippen LogP contribution < -0.4 is 5.32 Å². The topological polar surface area (TPSA) is 32.3 Å². The molecule has 0 amide bonds. The normalized spacial score (nSPS) is 22.8. The maximum Gasteiger partial charge on any atom is 0.0917 e. The van der Waals surface area contributed by atoms with Gasteiger partial charge in [-0.05, 0) is 11.1 Å². The fourth-order valence-electron chi connectivity index (χ4n) is 1.47. The smallest absolute Gasteiger partial charge is 0.0917 e. The first-order chi connectivity index (χ1) is 5.38. The standard InChI is InChI=1S/C9H11NO/c11-9-6-10-5-7-3-1-2-4-8(7)9/h1-4,9-11H,5-6H2/t9-/m1/s1. The maximum atomic E-state index is 9.50. The Hall–Kier alpha value is -0.860. The van der Waals surface area contributed by atoms with E-state index in [2.05, 4.69) is 5.32 Å². The monoisotopic (exact) mass is 149 g/mol. The van der Waals surface area contributed by atoms with Crippen LogP contribution in [0, 0.1) is 0 Å². The summed E-state index contributed by atoms with van der Waals surface area (Å²) in [5, 5.41) is 12.6. The van der Waals surface area contributed by atoms with Gasteiger partial charge in [0.2, 0.25) is 0 Å². The maximum absolute atomic E-state index is 9.50. The Morgan fingerprint density at radius 1 is 1.36 bits per heavy atom. The van der Waals surface area contributed by atoms with E-state index in [9.17, 15) is 5.11 Å². The molecule has 0 fully saturated rings. The Kier molecular flexibility index (Phi) is 1.64. The van der Waals surface area contributed by atoms with Gasteiger partial charge >= 0.3 is 0 Å². The Morgan fingerprint density at radius 2 is 2.18 bits per heavy atom. The van der Waals surface area contributed by atoms with E-state index in [0.717, 1.165) is 12.1 Å². The number of fused-ring (bicyclic) bond motifs is 1. The van der Waals surface area contributed by atoms with E-state index in [1.54, 1.807) is 0 Å². The van der Waals surface area contributed by atoms with E-state index >= 15 is 0 Å². The van der Waals surface area contributed by atoms with Crippen LogP contribution in [0.1, 0.15) is 17.2 Å². The van der Waals surface area contributed by atoms with Crippen LogP contribution in [0.25, 0.3) is 0 Å². The van der Waals surface area contributed by atoms with E-state index in [1.165, 1.54) is 5.56 Å². The van der Waals surface area contributed by atoms with Crippen molar-refractivity contribution in [2.24, 2.45) is 0 Å². The molecule has 0 bridgehead atoms. The van der Waals surface area contributed by atoms with Gasteiger partial charge in [0.05, 0.1) is 6.10 Å². The predicted molar refractivity (Wildman–Crippen MR) is 43.1 cm³/mol. The number of rotatable bonds is 0. The van der Waals surface area contributed by atoms with Crippen molar-refractivity contribution in [1.29, 1.82) is 0 Å². The van der Waals surface area contributed by atoms with Crippen molar-refractivity contribution < 1.29 is 5.11 Å². The molecule has 2 nitrogen and oxygen atoms in total. The summed E-state index contributed by atoms with van der Waals surface area (Å²) in [6.07, 6.45) is -0.319. The quantitative estimate of drug-likeness (QED) is 0.572. The second-order valence-electron chi connectivity index (χ2n) is 2.85. The van der Waals surface area contributed by atoms with Crippen molar-refractivity contribution in [2.75, 3.05) is 6.54 Å². The van der Waals surface area contributed by atoms with Gasteiger partial charge < -0.3 is 10.4 Å². The molecular formula is C9H11NO. The summed E-state index contributed by atoms with van der Waals surface area (Å²) < 4.78 is 0. The van der Waals surface area contributed by atoms with Crippen molar-refractivity contribution in [1.82, 2.24) is 5.32 Å². The molecule has 1 aromatic carbocycles. The minimum atomic E-state index is -0.319. The molecule has 2 heteroatoms. The highest BCUT2D eigenvalue weighted by molar-refractivity contribution is 5.30. The van der Waals surface area contributed by atoms with Crippen molar-refractivity contribution in [3.8, 4) is 0 Å². The van der Waals surface area contributed by atoms with Gasteiger partial charge in [-0.3, -0.25) is 0 Å². The van der Waals surface area contributed by atoms with Crippen LogP contribution in [0.4, 0.5) is 0 Å². The van der Waals surface area contributed by atoms with Crippen LogP contribution >= 0.6 is 0 Å². The first kappa shape index (κ1) is 6.83. The average Bonchev–Trinajstić information content (AvgIpc) is 2.06. The van der Waals surface area contributed by atoms with E-state index in [0.29, 0.717) is 6.54 Å². The minimum Gasteiger partial charge on any atom is -0.387 e. The van der Waals surface area contributed by atoms with Crippen LogP contribution in [0.2, 0.25) is 0 Å². The van der Waals surface area contributed by atoms with Gasteiger partial charge in [0.15, 0.2) is 0 Å². The molecule has 58 valence electrons. The molecule has 0 aromatic heterocycles. The molecule has 0 radical (unpaired) electrons. The first-order valence-corrected chi connectivity index (χ1v) is 3.84. The molecule has 0 spiro atoms. The predicted octanol–water partition coefficient (Wildman–Crippen LogP) is 0.823. The summed E-state index contributed by atoms with van der Waals surface area (Å²) in [5.74, 6) is 0. The number of β-amino-alcohol motifs (C(OH)–C–C–N with tert-alkyl or cyclic N) is 1. The number of hydrogen-bond acceptors (Lipinski definition) is 2. The molecule has 1 atom stereocenters. The number of aliphatic hydroxyl groups excluding tert-OH is 1. The van der Waals surface area contributed by atoms with Crippen LogP contribution in [0.5, 0.6) is 0 Å². The third-order valence-corrected chi connectivity index (χ3v) is 2.07. The lowest BCUT2D eigenvalue weighted by Crippen LogP contribution is -2.27. The molecule has 0 aliphatic carbocycles. The van der Waals surface area contributed by atoms with Crippen LogP contribution in [0.3, 0.4) is 0 Å². The minimum absolute atomic E-state index is 0.319. The fourth-order valence-corrected chi connectivity index (χ4v) is 1.47. The van der Waals surface area contributed by atoms with Crippen molar-refractivity contribution >= 4 is 0 Å². The van der Waals surface area contributed by atoms with E-state index in [4.69, 9.17) is 0 Å². The highest BCUT2D eigenvalue weighted by Crippen LogP contribution is 2.20. The van der Waals surface area contributed by atoms with Crippen LogP contribution in [-0.2, 0) is 6.54 Å². The molecule has 2 N–H and O–H groups in total. The lowest BCUT2D eigenvalue weighted by atomic mass is 9.99. The van der Waals surface area contributed by atoms with Gasteiger partial charge in [-0.2, -0.15) is 0 Å². The van der Waals surface area contributed by atoms with E-state index in [1.807, 2.05) is 24.3 Å². The zero-order valence-electron chi connectivity index (χ0n) is 6.25. The number of benzene rings is 1. The largest absolute Gasteiger partial charge is 0.387 e. The van der Waals surface area contributed by atoms with Gasteiger partial charge in [0.1, 0.15) is 0 Å². The highest BCUT2D eigenvalue weighted by Gasteiger charge is 2.15. The molecule has 0 saturated carbocycles. The molecular weight excluding hydrogens is 138 g/mol. The zero-order chi connectivity index (χ0) is 7.68. The molecule has 1 aromatic rings. The van der Waals surface area contributed by atoms with E-state index < -0.39 is 0 Å². The summed E-state index contributed by atoms with van der Waals surface area (Å²) in [7, 11) is 0. The number of hydrogen-bond donors (Lipinski definition) is 2. The Morgan fingerprint density at radius 3 is 3.00 bits per heavy atom. The van der Waals surface area contributed by atoms with Crippen molar-refractivity contribution in [3.63, 3.8) is 0 Å². The van der Waals surface area contributed by atoms with Gasteiger partial charge in [-0.1, -0.05) is 24.3 Å². The fraction of sp³-hybridized carbons (Fsp3) is 0.333. The molecule has 1 aliphatic heterocycles.